The van der Waals surface area contributed by atoms with Gasteiger partial charge in [-0.1, -0.05) is 12.1 Å². The van der Waals surface area contributed by atoms with Crippen LogP contribution >= 0.6 is 0 Å². The molecule has 0 fully saturated rings. The minimum atomic E-state index is -0.417. The molecule has 5 heteroatoms. The molecule has 1 heterocycles. The van der Waals surface area contributed by atoms with E-state index in [1.807, 2.05) is 0 Å². The predicted molar refractivity (Wildman–Crippen MR) is 83.2 cm³/mol. The average Bonchev–Trinajstić information content (AvgIpc) is 2.85. The predicted octanol–water partition coefficient (Wildman–Crippen LogP) is 4.26. The van der Waals surface area contributed by atoms with Gasteiger partial charge in [0, 0.05) is 17.5 Å². The van der Waals surface area contributed by atoms with E-state index in [-0.39, 0.29) is 23.9 Å². The molecule has 0 saturated heterocycles. The number of rotatable bonds is 3. The van der Waals surface area contributed by atoms with Crippen LogP contribution in [-0.4, -0.2) is 5.91 Å². The Morgan fingerprint density at radius 2 is 1.91 bits per heavy atom. The molecule has 3 aromatic rings. The van der Waals surface area contributed by atoms with Crippen LogP contribution in [0.2, 0.25) is 0 Å². The monoisotopic (exact) mass is 315 g/mol. The average molecular weight is 315 g/mol. The van der Waals surface area contributed by atoms with Gasteiger partial charge in [0.1, 0.15) is 17.2 Å². The Morgan fingerprint density at radius 3 is 2.65 bits per heavy atom. The molecule has 0 saturated carbocycles. The van der Waals surface area contributed by atoms with Gasteiger partial charge in [-0.2, -0.15) is 0 Å². The molecule has 0 aliphatic carbocycles. The number of benzene rings is 2. The summed E-state index contributed by atoms with van der Waals surface area (Å²) in [5.74, 6) is -0.978. The number of aryl methyl sites for hydroxylation is 2. The van der Waals surface area contributed by atoms with Crippen molar-refractivity contribution in [3.05, 3.63) is 70.5 Å². The number of halogens is 2. The summed E-state index contributed by atoms with van der Waals surface area (Å²) < 4.78 is 32.3. The molecule has 0 unspecified atom stereocenters. The SMILES string of the molecule is Cc1ccc(CNC(=O)c2oc3ccc(F)cc3c2C)cc1F. The summed E-state index contributed by atoms with van der Waals surface area (Å²) in [5.41, 5.74) is 2.24. The van der Waals surface area contributed by atoms with E-state index >= 15 is 0 Å². The van der Waals surface area contributed by atoms with E-state index < -0.39 is 5.91 Å². The van der Waals surface area contributed by atoms with Crippen molar-refractivity contribution in [1.29, 1.82) is 0 Å². The molecule has 0 aliphatic heterocycles. The molecule has 0 spiro atoms. The molecule has 1 aromatic heterocycles. The fraction of sp³-hybridized carbons (Fsp3) is 0.167. The first-order valence-corrected chi connectivity index (χ1v) is 7.17. The first kappa shape index (κ1) is 15.2. The van der Waals surface area contributed by atoms with Crippen LogP contribution in [0.15, 0.2) is 40.8 Å². The van der Waals surface area contributed by atoms with E-state index in [0.29, 0.717) is 27.7 Å². The number of hydrogen-bond acceptors (Lipinski definition) is 2. The van der Waals surface area contributed by atoms with Crippen LogP contribution in [0.3, 0.4) is 0 Å². The highest BCUT2D eigenvalue weighted by Crippen LogP contribution is 2.26. The zero-order chi connectivity index (χ0) is 16.6. The van der Waals surface area contributed by atoms with Crippen LogP contribution in [-0.2, 0) is 6.54 Å². The van der Waals surface area contributed by atoms with Crippen molar-refractivity contribution in [2.45, 2.75) is 20.4 Å². The van der Waals surface area contributed by atoms with Crippen LogP contribution in [0, 0.1) is 25.5 Å². The molecule has 1 amide bonds. The third kappa shape index (κ3) is 2.95. The Hall–Kier alpha value is -2.69. The lowest BCUT2D eigenvalue weighted by molar-refractivity contribution is 0.0924. The molecular weight excluding hydrogens is 300 g/mol. The van der Waals surface area contributed by atoms with Crippen molar-refractivity contribution in [1.82, 2.24) is 5.32 Å². The van der Waals surface area contributed by atoms with Crippen molar-refractivity contribution in [3.8, 4) is 0 Å². The topological polar surface area (TPSA) is 42.2 Å². The molecule has 23 heavy (non-hydrogen) atoms. The van der Waals surface area contributed by atoms with Crippen molar-refractivity contribution in [2.75, 3.05) is 0 Å². The zero-order valence-corrected chi connectivity index (χ0v) is 12.7. The normalized spacial score (nSPS) is 11.0. The third-order valence-electron chi connectivity index (χ3n) is 3.79. The molecule has 0 atom stereocenters. The van der Waals surface area contributed by atoms with Gasteiger partial charge in [0.2, 0.25) is 0 Å². The maximum atomic E-state index is 13.5. The first-order chi connectivity index (χ1) is 11.0. The van der Waals surface area contributed by atoms with Gasteiger partial charge in [-0.05, 0) is 49.2 Å². The van der Waals surface area contributed by atoms with Gasteiger partial charge < -0.3 is 9.73 Å². The summed E-state index contributed by atoms with van der Waals surface area (Å²) in [6.07, 6.45) is 0. The Bertz CT molecular complexity index is 899. The molecule has 0 radical (unpaired) electrons. The zero-order valence-electron chi connectivity index (χ0n) is 12.7. The number of furan rings is 1. The molecule has 3 nitrogen and oxygen atoms in total. The highest BCUT2D eigenvalue weighted by atomic mass is 19.1. The van der Waals surface area contributed by atoms with Crippen molar-refractivity contribution < 1.29 is 18.0 Å². The fourth-order valence-corrected chi connectivity index (χ4v) is 2.42. The van der Waals surface area contributed by atoms with Crippen LogP contribution in [0.1, 0.15) is 27.2 Å². The van der Waals surface area contributed by atoms with E-state index in [4.69, 9.17) is 4.42 Å². The molecule has 3 rings (SSSR count). The lowest BCUT2D eigenvalue weighted by Gasteiger charge is -2.05. The van der Waals surface area contributed by atoms with Crippen LogP contribution in [0.5, 0.6) is 0 Å². The quantitative estimate of drug-likeness (QED) is 0.785. The summed E-state index contributed by atoms with van der Waals surface area (Å²) in [7, 11) is 0. The van der Waals surface area contributed by atoms with Gasteiger partial charge in [0.25, 0.3) is 5.91 Å². The van der Waals surface area contributed by atoms with Crippen LogP contribution in [0.25, 0.3) is 11.0 Å². The van der Waals surface area contributed by atoms with Gasteiger partial charge in [0.05, 0.1) is 0 Å². The van der Waals surface area contributed by atoms with E-state index in [0.717, 1.165) is 0 Å². The second-order valence-corrected chi connectivity index (χ2v) is 5.46. The lowest BCUT2D eigenvalue weighted by Crippen LogP contribution is -2.23. The smallest absolute Gasteiger partial charge is 0.287 e. The maximum Gasteiger partial charge on any atom is 0.287 e. The van der Waals surface area contributed by atoms with Crippen LogP contribution < -0.4 is 5.32 Å². The van der Waals surface area contributed by atoms with Crippen molar-refractivity contribution >= 4 is 16.9 Å². The first-order valence-electron chi connectivity index (χ1n) is 7.17. The van der Waals surface area contributed by atoms with Gasteiger partial charge in [-0.15, -0.1) is 0 Å². The molecule has 0 aliphatic rings. The Balaban J connectivity index is 1.80. The van der Waals surface area contributed by atoms with E-state index in [9.17, 15) is 13.6 Å². The Morgan fingerprint density at radius 1 is 1.13 bits per heavy atom. The number of carbonyl (C=O) groups is 1. The molecular formula is C18H15F2NO2. The molecule has 1 N–H and O–H groups in total. The molecule has 118 valence electrons. The van der Waals surface area contributed by atoms with E-state index in [1.165, 1.54) is 24.3 Å². The maximum absolute atomic E-state index is 13.5. The standard InChI is InChI=1S/C18H15F2NO2/c1-10-3-4-12(7-15(10)20)9-21-18(22)17-11(2)14-8-13(19)5-6-16(14)23-17/h3-8H,9H2,1-2H3,(H,21,22). The second kappa shape index (κ2) is 5.83. The summed E-state index contributed by atoms with van der Waals surface area (Å²) in [6.45, 7) is 3.56. The second-order valence-electron chi connectivity index (χ2n) is 5.46. The fourth-order valence-electron chi connectivity index (χ4n) is 2.42. The third-order valence-corrected chi connectivity index (χ3v) is 3.79. The Labute approximate surface area is 131 Å². The number of nitrogens with one attached hydrogen (secondary N) is 1. The summed E-state index contributed by atoms with van der Waals surface area (Å²) >= 11 is 0. The Kier molecular flexibility index (Phi) is 3.86. The van der Waals surface area contributed by atoms with E-state index in [1.54, 1.807) is 26.0 Å². The summed E-state index contributed by atoms with van der Waals surface area (Å²) in [4.78, 5) is 12.3. The van der Waals surface area contributed by atoms with E-state index in [2.05, 4.69) is 5.32 Å². The minimum absolute atomic E-state index is 0.137. The van der Waals surface area contributed by atoms with Crippen LogP contribution in [0.4, 0.5) is 8.78 Å². The number of fused-ring (bicyclic) bond motifs is 1. The minimum Gasteiger partial charge on any atom is -0.451 e. The van der Waals surface area contributed by atoms with Gasteiger partial charge >= 0.3 is 0 Å². The molecule has 0 bridgehead atoms. The molecule has 2 aromatic carbocycles. The lowest BCUT2D eigenvalue weighted by atomic mass is 10.1. The van der Waals surface area contributed by atoms with Crippen molar-refractivity contribution in [2.24, 2.45) is 0 Å². The number of hydrogen-bond donors (Lipinski definition) is 1. The number of amides is 1. The largest absolute Gasteiger partial charge is 0.451 e. The van der Waals surface area contributed by atoms with Gasteiger partial charge in [-0.3, -0.25) is 4.79 Å². The summed E-state index contributed by atoms with van der Waals surface area (Å²) in [6, 6.07) is 8.90. The van der Waals surface area contributed by atoms with Gasteiger partial charge in [0.15, 0.2) is 5.76 Å². The number of carbonyl (C=O) groups excluding carboxylic acids is 1. The summed E-state index contributed by atoms with van der Waals surface area (Å²) in [5, 5.41) is 3.25. The van der Waals surface area contributed by atoms with Gasteiger partial charge in [-0.25, -0.2) is 8.78 Å². The highest BCUT2D eigenvalue weighted by Gasteiger charge is 2.17. The highest BCUT2D eigenvalue weighted by molar-refractivity contribution is 5.98. The van der Waals surface area contributed by atoms with Crippen molar-refractivity contribution in [3.63, 3.8) is 0 Å².